The predicted octanol–water partition coefficient (Wildman–Crippen LogP) is 1.24. The molecule has 1 unspecified atom stereocenters. The van der Waals surface area contributed by atoms with Gasteiger partial charge in [0, 0.05) is 0 Å². The minimum absolute atomic E-state index is 0.174. The van der Waals surface area contributed by atoms with Crippen molar-refractivity contribution in [2.24, 2.45) is 0 Å². The highest BCUT2D eigenvalue weighted by Crippen LogP contribution is 2.11. The third-order valence-corrected chi connectivity index (χ3v) is 2.78. The van der Waals surface area contributed by atoms with Gasteiger partial charge in [0.15, 0.2) is 0 Å². The minimum atomic E-state index is -0.218. The fraction of sp³-hybridized carbons (Fsp3) is 0.500. The summed E-state index contributed by atoms with van der Waals surface area (Å²) in [5, 5.41) is 6.62. The lowest BCUT2D eigenvalue weighted by molar-refractivity contribution is 0.0948. The first kappa shape index (κ1) is 11.7. The van der Waals surface area contributed by atoms with Crippen LogP contribution in [0.5, 0.6) is 0 Å². The number of aryl methyl sites for hydroxylation is 1. The lowest BCUT2D eigenvalue weighted by atomic mass is 10.2. The number of carbonyl (C=O) groups is 1. The summed E-state index contributed by atoms with van der Waals surface area (Å²) < 4.78 is 3.75. The Balaban J connectivity index is 2.73. The Morgan fingerprint density at radius 3 is 2.93 bits per heavy atom. The number of aromatic nitrogens is 2. The molecule has 0 spiro atoms. The Morgan fingerprint density at radius 1 is 1.67 bits per heavy atom. The summed E-state index contributed by atoms with van der Waals surface area (Å²) >= 11 is 1.10. The van der Waals surface area contributed by atoms with E-state index in [1.165, 1.54) is 0 Å². The van der Waals surface area contributed by atoms with Crippen LogP contribution in [0.2, 0.25) is 0 Å². The summed E-state index contributed by atoms with van der Waals surface area (Å²) in [6, 6.07) is -0.218. The number of carbonyl (C=O) groups excluding carboxylic acids is 1. The molecule has 5 heteroatoms. The second kappa shape index (κ2) is 5.47. The second-order valence-electron chi connectivity index (χ2n) is 3.00. The molecule has 0 saturated heterocycles. The first-order valence-corrected chi connectivity index (χ1v) is 5.58. The van der Waals surface area contributed by atoms with Crippen LogP contribution < -0.4 is 5.32 Å². The van der Waals surface area contributed by atoms with Crippen molar-refractivity contribution in [1.29, 1.82) is 0 Å². The van der Waals surface area contributed by atoms with Crippen LogP contribution in [0.15, 0.2) is 0 Å². The molecule has 0 aliphatic carbocycles. The zero-order valence-corrected chi connectivity index (χ0v) is 9.60. The largest absolute Gasteiger partial charge is 0.338 e. The van der Waals surface area contributed by atoms with Gasteiger partial charge in [-0.3, -0.25) is 4.79 Å². The molecule has 0 bridgehead atoms. The highest BCUT2D eigenvalue weighted by atomic mass is 32.1. The van der Waals surface area contributed by atoms with Crippen molar-refractivity contribution in [3.8, 4) is 12.3 Å². The van der Waals surface area contributed by atoms with Gasteiger partial charge in [-0.1, -0.05) is 24.3 Å². The van der Waals surface area contributed by atoms with Crippen molar-refractivity contribution in [2.75, 3.05) is 0 Å². The molecule has 1 aromatic heterocycles. The Labute approximate surface area is 93.3 Å². The smallest absolute Gasteiger partial charge is 0.265 e. The van der Waals surface area contributed by atoms with E-state index in [2.05, 4.69) is 20.8 Å². The van der Waals surface area contributed by atoms with Crippen LogP contribution in [0.25, 0.3) is 0 Å². The third kappa shape index (κ3) is 2.77. The molecule has 0 radical (unpaired) electrons. The van der Waals surface area contributed by atoms with Crippen molar-refractivity contribution in [1.82, 2.24) is 14.9 Å². The molecular formula is C10H13N3OS. The van der Waals surface area contributed by atoms with Crippen LogP contribution in [0, 0.1) is 12.3 Å². The van der Waals surface area contributed by atoms with E-state index in [9.17, 15) is 4.79 Å². The molecule has 80 valence electrons. The number of terminal acetylenes is 1. The van der Waals surface area contributed by atoms with Crippen molar-refractivity contribution in [2.45, 2.75) is 32.7 Å². The zero-order chi connectivity index (χ0) is 11.3. The van der Waals surface area contributed by atoms with Gasteiger partial charge in [0.1, 0.15) is 4.88 Å². The predicted molar refractivity (Wildman–Crippen MR) is 59.7 cm³/mol. The van der Waals surface area contributed by atoms with Gasteiger partial charge in [-0.2, -0.15) is 0 Å². The molecule has 1 N–H and O–H groups in total. The Bertz CT molecular complexity index is 380. The van der Waals surface area contributed by atoms with E-state index in [0.29, 0.717) is 11.3 Å². The van der Waals surface area contributed by atoms with E-state index < -0.39 is 0 Å². The monoisotopic (exact) mass is 223 g/mol. The van der Waals surface area contributed by atoms with E-state index in [4.69, 9.17) is 6.42 Å². The summed E-state index contributed by atoms with van der Waals surface area (Å²) in [7, 11) is 0. The Morgan fingerprint density at radius 2 is 2.40 bits per heavy atom. The van der Waals surface area contributed by atoms with Crippen molar-refractivity contribution in [3.63, 3.8) is 0 Å². The molecule has 4 nitrogen and oxygen atoms in total. The molecule has 1 amide bonds. The lowest BCUT2D eigenvalue weighted by Gasteiger charge is -2.09. The Kier molecular flexibility index (Phi) is 4.25. The lowest BCUT2D eigenvalue weighted by Crippen LogP contribution is -2.33. The maximum absolute atomic E-state index is 11.7. The molecule has 15 heavy (non-hydrogen) atoms. The molecular weight excluding hydrogens is 210 g/mol. The van der Waals surface area contributed by atoms with Gasteiger partial charge in [-0.15, -0.1) is 11.5 Å². The fourth-order valence-electron chi connectivity index (χ4n) is 1.10. The minimum Gasteiger partial charge on any atom is -0.338 e. The van der Waals surface area contributed by atoms with Gasteiger partial charge < -0.3 is 5.32 Å². The molecule has 0 saturated carbocycles. The SMILES string of the molecule is C#CC(CC)NC(=O)c1snnc1CC. The molecule has 0 aliphatic heterocycles. The first-order valence-electron chi connectivity index (χ1n) is 4.81. The number of amides is 1. The van der Waals surface area contributed by atoms with Crippen LogP contribution >= 0.6 is 11.5 Å². The van der Waals surface area contributed by atoms with E-state index in [1.807, 2.05) is 13.8 Å². The van der Waals surface area contributed by atoms with Crippen LogP contribution in [0.4, 0.5) is 0 Å². The van der Waals surface area contributed by atoms with Crippen molar-refractivity contribution < 1.29 is 4.79 Å². The number of nitrogens with one attached hydrogen (secondary N) is 1. The average molecular weight is 223 g/mol. The molecule has 0 fully saturated rings. The van der Waals surface area contributed by atoms with Gasteiger partial charge in [0.25, 0.3) is 5.91 Å². The molecule has 1 aromatic rings. The first-order chi connectivity index (χ1) is 7.22. The summed E-state index contributed by atoms with van der Waals surface area (Å²) in [6.07, 6.45) is 6.68. The standard InChI is InChI=1S/C10H13N3OS/c1-4-7(5-2)11-10(14)9-8(6-3)12-13-15-9/h1,7H,5-6H2,2-3H3,(H,11,14). The normalized spacial score (nSPS) is 11.8. The summed E-state index contributed by atoms with van der Waals surface area (Å²) in [5.74, 6) is 2.34. The third-order valence-electron chi connectivity index (χ3n) is 2.01. The van der Waals surface area contributed by atoms with E-state index in [1.54, 1.807) is 0 Å². The van der Waals surface area contributed by atoms with E-state index in [-0.39, 0.29) is 11.9 Å². The van der Waals surface area contributed by atoms with Crippen molar-refractivity contribution >= 4 is 17.4 Å². The van der Waals surface area contributed by atoms with E-state index in [0.717, 1.165) is 23.6 Å². The topological polar surface area (TPSA) is 54.9 Å². The van der Waals surface area contributed by atoms with Crippen LogP contribution in [0.3, 0.4) is 0 Å². The summed E-state index contributed by atoms with van der Waals surface area (Å²) in [6.45, 7) is 3.86. The molecule has 1 atom stereocenters. The van der Waals surface area contributed by atoms with Crippen LogP contribution in [-0.4, -0.2) is 21.5 Å². The molecule has 0 aromatic carbocycles. The van der Waals surface area contributed by atoms with Crippen LogP contribution in [0.1, 0.15) is 35.6 Å². The quantitative estimate of drug-likeness (QED) is 0.781. The zero-order valence-electron chi connectivity index (χ0n) is 8.78. The van der Waals surface area contributed by atoms with Crippen molar-refractivity contribution in [3.05, 3.63) is 10.6 Å². The highest BCUT2D eigenvalue weighted by Gasteiger charge is 2.16. The average Bonchev–Trinajstić information content (AvgIpc) is 2.73. The maximum Gasteiger partial charge on any atom is 0.265 e. The second-order valence-corrected chi connectivity index (χ2v) is 3.76. The maximum atomic E-state index is 11.7. The summed E-state index contributed by atoms with van der Waals surface area (Å²) in [5.41, 5.74) is 0.726. The number of hydrogen-bond acceptors (Lipinski definition) is 4. The van der Waals surface area contributed by atoms with Gasteiger partial charge in [0.05, 0.1) is 11.7 Å². The van der Waals surface area contributed by atoms with Gasteiger partial charge in [-0.25, -0.2) is 0 Å². The Hall–Kier alpha value is -1.41. The number of rotatable bonds is 4. The van der Waals surface area contributed by atoms with Gasteiger partial charge >= 0.3 is 0 Å². The fourth-order valence-corrected chi connectivity index (χ4v) is 1.75. The van der Waals surface area contributed by atoms with Crippen LogP contribution in [-0.2, 0) is 6.42 Å². The highest BCUT2D eigenvalue weighted by molar-refractivity contribution is 7.08. The summed E-state index contributed by atoms with van der Waals surface area (Å²) in [4.78, 5) is 12.3. The number of nitrogens with zero attached hydrogens (tertiary/aromatic N) is 2. The molecule has 0 aliphatic rings. The van der Waals surface area contributed by atoms with Gasteiger partial charge in [0.2, 0.25) is 0 Å². The van der Waals surface area contributed by atoms with Gasteiger partial charge in [-0.05, 0) is 24.4 Å². The van der Waals surface area contributed by atoms with E-state index >= 15 is 0 Å². The number of hydrogen-bond donors (Lipinski definition) is 1. The molecule has 1 rings (SSSR count). The molecule has 1 heterocycles.